The van der Waals surface area contributed by atoms with Gasteiger partial charge in [0.25, 0.3) is 0 Å². The molecule has 0 fully saturated rings. The zero-order valence-electron chi connectivity index (χ0n) is 62.6. The Hall–Kier alpha value is -5.00. The highest BCUT2D eigenvalue weighted by Gasteiger charge is 2.16. The summed E-state index contributed by atoms with van der Waals surface area (Å²) in [5.41, 5.74) is 0. The van der Waals surface area contributed by atoms with E-state index in [0.717, 1.165) is 135 Å². The first-order valence-corrected chi connectivity index (χ1v) is 40.3. The van der Waals surface area contributed by atoms with Gasteiger partial charge in [0.05, 0.1) is 6.61 Å². The molecule has 5 heteroatoms. The predicted octanol–water partition coefficient (Wildman–Crippen LogP) is 28.9. The van der Waals surface area contributed by atoms with Crippen LogP contribution in [0.25, 0.3) is 0 Å². The number of ether oxygens (including phenoxy) is 2. The summed E-state index contributed by atoms with van der Waals surface area (Å²) >= 11 is 0. The third-order valence-electron chi connectivity index (χ3n) is 17.2. The normalized spacial score (nSPS) is 13.2. The molecule has 1 atom stereocenters. The Morgan fingerprint density at radius 3 is 0.625 bits per heavy atom. The number of aliphatic hydroxyl groups excluding tert-OH is 1. The quantitative estimate of drug-likeness (QED) is 0.0373. The van der Waals surface area contributed by atoms with Gasteiger partial charge in [0.2, 0.25) is 0 Å². The van der Waals surface area contributed by atoms with Crippen LogP contribution in [0.3, 0.4) is 0 Å². The lowest BCUT2D eigenvalue weighted by Gasteiger charge is -2.15. The standard InChI is InChI=1S/C91H150O5/c1-3-5-7-9-11-13-15-17-19-21-23-25-27-29-31-33-35-37-39-41-43-45-47-49-51-53-55-57-59-61-63-65-67-69-71-73-75-77-79-81-83-85-90(93)95-88-89(87-92)96-91(94)86-84-82-80-78-76-74-72-70-68-66-64-62-60-58-56-54-52-50-48-46-44-42-40-38-36-34-32-30-28-26-24-22-20-18-16-14-12-10-8-6-4-2/h5-8,11-14,17-20,23-26,29-32,35-38,41-44,48,50,89,92H,3-4,9-10,15-16,21-22,27-28,33-34,39-40,45-47,49,51-88H2,1-2H3/b7-5-,8-6-,13-11-,14-12-,19-17-,20-18-,25-23-,26-24-,31-29-,32-30-,37-35-,38-36-,43-41-,44-42-,50-48-. The number of esters is 2. The van der Waals surface area contributed by atoms with Crippen LogP contribution in [0.1, 0.15) is 361 Å². The van der Waals surface area contributed by atoms with Gasteiger partial charge < -0.3 is 14.6 Å². The van der Waals surface area contributed by atoms with Gasteiger partial charge in [-0.05, 0) is 135 Å². The van der Waals surface area contributed by atoms with Crippen molar-refractivity contribution < 1.29 is 24.2 Å². The summed E-state index contributed by atoms with van der Waals surface area (Å²) in [5.74, 6) is -0.583. The van der Waals surface area contributed by atoms with E-state index in [4.69, 9.17) is 9.47 Å². The highest BCUT2D eigenvalue weighted by Crippen LogP contribution is 2.18. The summed E-state index contributed by atoms with van der Waals surface area (Å²) in [6.45, 7) is 3.93. The average Bonchev–Trinajstić information content (AvgIpc) is 3.79. The second-order valence-electron chi connectivity index (χ2n) is 26.4. The number of aliphatic hydroxyl groups is 1. The molecule has 0 rings (SSSR count). The van der Waals surface area contributed by atoms with Gasteiger partial charge in [0.1, 0.15) is 6.61 Å². The minimum atomic E-state index is -0.782. The van der Waals surface area contributed by atoms with Gasteiger partial charge in [-0.3, -0.25) is 9.59 Å². The monoisotopic (exact) mass is 1320 g/mol. The number of carbonyl (C=O) groups is 2. The molecule has 0 amide bonds. The van der Waals surface area contributed by atoms with Crippen LogP contribution in [-0.4, -0.2) is 36.4 Å². The van der Waals surface area contributed by atoms with Gasteiger partial charge in [0.15, 0.2) is 6.10 Å². The SMILES string of the molecule is CC/C=C\C/C=C\C/C=C\C/C=C\C/C=C\C/C=C\C/C=C\C/C=C\CCCCCCCCCCCCCCCCCCC(=O)OC(CO)COC(=O)CCCCCCCCCCCCCCCCCCCCC/C=C\C/C=C\C/C=C\C/C=C\C/C=C\C/C=C\C/C=C\CC. The fraction of sp³-hybridized carbons (Fsp3) is 0.648. The van der Waals surface area contributed by atoms with Crippen LogP contribution in [0.4, 0.5) is 0 Å². The number of carbonyl (C=O) groups excluding carboxylic acids is 2. The largest absolute Gasteiger partial charge is 0.462 e. The topological polar surface area (TPSA) is 72.8 Å². The van der Waals surface area contributed by atoms with Crippen LogP contribution in [0.5, 0.6) is 0 Å². The molecular formula is C91H150O5. The van der Waals surface area contributed by atoms with E-state index >= 15 is 0 Å². The lowest BCUT2D eigenvalue weighted by atomic mass is 10.0. The highest BCUT2D eigenvalue weighted by molar-refractivity contribution is 5.70. The van der Waals surface area contributed by atoms with E-state index in [-0.39, 0.29) is 25.2 Å². The fourth-order valence-corrected chi connectivity index (χ4v) is 11.3. The zero-order chi connectivity index (χ0) is 69.0. The fourth-order valence-electron chi connectivity index (χ4n) is 11.3. The summed E-state index contributed by atoms with van der Waals surface area (Å²) in [5, 5.41) is 9.74. The molecule has 0 saturated carbocycles. The number of unbranched alkanes of at least 4 members (excludes halogenated alkanes) is 35. The van der Waals surface area contributed by atoms with Crippen molar-refractivity contribution in [2.45, 2.75) is 367 Å². The maximum Gasteiger partial charge on any atom is 0.306 e. The van der Waals surface area contributed by atoms with E-state index in [1.807, 2.05) is 0 Å². The number of rotatable bonds is 73. The van der Waals surface area contributed by atoms with E-state index in [1.54, 1.807) is 0 Å². The summed E-state index contributed by atoms with van der Waals surface area (Å²) < 4.78 is 10.8. The van der Waals surface area contributed by atoms with Crippen LogP contribution < -0.4 is 0 Å². The number of hydrogen-bond donors (Lipinski definition) is 1. The third-order valence-corrected chi connectivity index (χ3v) is 17.2. The second kappa shape index (κ2) is 84.2. The van der Waals surface area contributed by atoms with E-state index in [9.17, 15) is 14.7 Å². The van der Waals surface area contributed by atoms with E-state index in [0.29, 0.717) is 12.8 Å². The summed E-state index contributed by atoms with van der Waals surface area (Å²) in [6, 6.07) is 0. The first kappa shape index (κ1) is 91.0. The Morgan fingerprint density at radius 1 is 0.240 bits per heavy atom. The van der Waals surface area contributed by atoms with E-state index < -0.39 is 6.10 Å². The van der Waals surface area contributed by atoms with Gasteiger partial charge in [-0.15, -0.1) is 0 Å². The molecule has 0 bridgehead atoms. The van der Waals surface area contributed by atoms with Crippen molar-refractivity contribution >= 4 is 11.9 Å². The molecular weight excluding hydrogens is 1170 g/mol. The average molecular weight is 1320 g/mol. The number of hydrogen-bond acceptors (Lipinski definition) is 5. The molecule has 0 aromatic carbocycles. The van der Waals surface area contributed by atoms with Crippen molar-refractivity contribution in [1.82, 2.24) is 0 Å². The molecule has 0 aliphatic rings. The smallest absolute Gasteiger partial charge is 0.306 e. The lowest BCUT2D eigenvalue weighted by molar-refractivity contribution is -0.161. The second-order valence-corrected chi connectivity index (χ2v) is 26.4. The van der Waals surface area contributed by atoms with Crippen LogP contribution in [0.15, 0.2) is 182 Å². The van der Waals surface area contributed by atoms with Crippen molar-refractivity contribution in [2.24, 2.45) is 0 Å². The van der Waals surface area contributed by atoms with Crippen molar-refractivity contribution in [3.8, 4) is 0 Å². The first-order valence-electron chi connectivity index (χ1n) is 40.3. The molecule has 0 radical (unpaired) electrons. The van der Waals surface area contributed by atoms with Crippen LogP contribution >= 0.6 is 0 Å². The van der Waals surface area contributed by atoms with Crippen LogP contribution in [-0.2, 0) is 19.1 Å². The molecule has 0 aromatic rings. The molecule has 0 aromatic heterocycles. The molecule has 5 nitrogen and oxygen atoms in total. The maximum absolute atomic E-state index is 12.4. The Kier molecular flexibility index (Phi) is 79.8. The zero-order valence-corrected chi connectivity index (χ0v) is 62.6. The Labute approximate surface area is 595 Å². The minimum Gasteiger partial charge on any atom is -0.462 e. The highest BCUT2D eigenvalue weighted by atomic mass is 16.6. The van der Waals surface area contributed by atoms with Crippen LogP contribution in [0.2, 0.25) is 0 Å². The molecule has 0 aliphatic heterocycles. The molecule has 1 N–H and O–H groups in total. The van der Waals surface area contributed by atoms with Gasteiger partial charge in [-0.1, -0.05) is 395 Å². The van der Waals surface area contributed by atoms with Crippen LogP contribution in [0, 0.1) is 0 Å². The predicted molar refractivity (Wildman–Crippen MR) is 426 cm³/mol. The molecule has 0 spiro atoms. The lowest BCUT2D eigenvalue weighted by Crippen LogP contribution is -2.28. The minimum absolute atomic E-state index is 0.0693. The Bertz CT molecular complexity index is 2090. The first-order chi connectivity index (χ1) is 47.6. The van der Waals surface area contributed by atoms with Crippen molar-refractivity contribution in [3.05, 3.63) is 182 Å². The molecule has 0 aliphatic carbocycles. The van der Waals surface area contributed by atoms with E-state index in [1.165, 1.54) is 199 Å². The Balaban J connectivity index is 3.48. The van der Waals surface area contributed by atoms with Gasteiger partial charge >= 0.3 is 11.9 Å². The molecule has 1 unspecified atom stereocenters. The molecule has 544 valence electrons. The number of allylic oxidation sites excluding steroid dienone is 30. The van der Waals surface area contributed by atoms with Crippen molar-refractivity contribution in [3.63, 3.8) is 0 Å². The van der Waals surface area contributed by atoms with E-state index in [2.05, 4.69) is 196 Å². The third kappa shape index (κ3) is 81.4. The van der Waals surface area contributed by atoms with Gasteiger partial charge in [-0.2, -0.15) is 0 Å². The summed E-state index contributed by atoms with van der Waals surface area (Å²) in [7, 11) is 0. The Morgan fingerprint density at radius 2 is 0.417 bits per heavy atom. The van der Waals surface area contributed by atoms with Gasteiger partial charge in [0, 0.05) is 12.8 Å². The van der Waals surface area contributed by atoms with Crippen molar-refractivity contribution in [2.75, 3.05) is 13.2 Å². The summed E-state index contributed by atoms with van der Waals surface area (Å²) in [6.07, 6.45) is 131. The van der Waals surface area contributed by atoms with Gasteiger partial charge in [-0.25, -0.2) is 0 Å². The van der Waals surface area contributed by atoms with Crippen molar-refractivity contribution in [1.29, 1.82) is 0 Å². The molecule has 0 heterocycles. The molecule has 96 heavy (non-hydrogen) atoms. The summed E-state index contributed by atoms with van der Waals surface area (Å²) in [4.78, 5) is 24.7. The molecule has 0 saturated heterocycles. The maximum atomic E-state index is 12.4.